The second-order valence-corrected chi connectivity index (χ2v) is 6.98. The van der Waals surface area contributed by atoms with Crippen LogP contribution in [-0.2, 0) is 17.8 Å². The maximum Gasteiger partial charge on any atom is 0.226 e. The smallest absolute Gasteiger partial charge is 0.226 e. The molecule has 8 heteroatoms. The molecule has 4 heterocycles. The van der Waals surface area contributed by atoms with Gasteiger partial charge in [-0.1, -0.05) is 11.6 Å². The Labute approximate surface area is 158 Å². The lowest BCUT2D eigenvalue weighted by atomic mass is 10.3. The molecule has 0 unspecified atom stereocenters. The van der Waals surface area contributed by atoms with Crippen LogP contribution in [0.2, 0.25) is 5.02 Å². The molecule has 0 saturated heterocycles. The minimum atomic E-state index is -0.0943. The van der Waals surface area contributed by atoms with Gasteiger partial charge in [0.1, 0.15) is 10.7 Å². The van der Waals surface area contributed by atoms with E-state index in [2.05, 4.69) is 20.3 Å². The van der Waals surface area contributed by atoms with E-state index in [0.717, 1.165) is 27.6 Å². The second-order valence-electron chi connectivity index (χ2n) is 5.68. The van der Waals surface area contributed by atoms with Crippen molar-refractivity contribution in [1.82, 2.24) is 24.7 Å². The van der Waals surface area contributed by atoms with Gasteiger partial charge in [-0.25, -0.2) is 9.97 Å². The van der Waals surface area contributed by atoms with E-state index in [9.17, 15) is 4.79 Å². The van der Waals surface area contributed by atoms with Crippen LogP contribution in [0.1, 0.15) is 11.4 Å². The van der Waals surface area contributed by atoms with E-state index >= 15 is 0 Å². The molecule has 6 nitrogen and oxygen atoms in total. The van der Waals surface area contributed by atoms with Gasteiger partial charge in [0.25, 0.3) is 0 Å². The number of nitrogens with one attached hydrogen (secondary N) is 1. The molecular weight excluding hydrogens is 370 g/mol. The number of amides is 1. The quantitative estimate of drug-likeness (QED) is 0.573. The third-order valence-electron chi connectivity index (χ3n) is 3.73. The number of hydrogen-bond donors (Lipinski definition) is 1. The monoisotopic (exact) mass is 383 g/mol. The zero-order valence-electron chi connectivity index (χ0n) is 13.6. The molecule has 0 spiro atoms. The molecule has 130 valence electrons. The van der Waals surface area contributed by atoms with Crippen LogP contribution in [0.25, 0.3) is 16.2 Å². The van der Waals surface area contributed by atoms with Crippen LogP contribution in [0, 0.1) is 0 Å². The fourth-order valence-electron chi connectivity index (χ4n) is 2.53. The molecule has 4 aromatic rings. The van der Waals surface area contributed by atoms with Crippen molar-refractivity contribution in [3.8, 4) is 10.6 Å². The van der Waals surface area contributed by atoms with E-state index in [4.69, 9.17) is 11.6 Å². The van der Waals surface area contributed by atoms with Gasteiger partial charge in [-0.2, -0.15) is 0 Å². The van der Waals surface area contributed by atoms with Crippen molar-refractivity contribution in [3.05, 3.63) is 70.8 Å². The molecule has 26 heavy (non-hydrogen) atoms. The summed E-state index contributed by atoms with van der Waals surface area (Å²) in [6.45, 7) is 0.359. The van der Waals surface area contributed by atoms with E-state index in [1.165, 1.54) is 11.3 Å². The summed E-state index contributed by atoms with van der Waals surface area (Å²) in [7, 11) is 0. The number of pyridine rings is 2. The molecule has 0 aliphatic rings. The number of halogens is 1. The number of imidazole rings is 1. The first kappa shape index (κ1) is 16.7. The summed E-state index contributed by atoms with van der Waals surface area (Å²) in [5.41, 5.74) is 3.26. The summed E-state index contributed by atoms with van der Waals surface area (Å²) in [5, 5.41) is 6.27. The minimum Gasteiger partial charge on any atom is -0.350 e. The SMILES string of the molecule is O=C(Cc1csc(-c2cccnc2)n1)NCc1cn2cc(Cl)ccc2n1. The fraction of sp³-hybridized carbons (Fsp3) is 0.111. The van der Waals surface area contributed by atoms with Crippen LogP contribution in [0.15, 0.2) is 54.4 Å². The average molecular weight is 384 g/mol. The number of hydrogen-bond acceptors (Lipinski definition) is 5. The number of carbonyl (C=O) groups is 1. The summed E-state index contributed by atoms with van der Waals surface area (Å²) < 4.78 is 1.84. The van der Waals surface area contributed by atoms with Crippen molar-refractivity contribution in [2.75, 3.05) is 0 Å². The van der Waals surface area contributed by atoms with E-state index in [0.29, 0.717) is 11.6 Å². The average Bonchev–Trinajstić information content (AvgIpc) is 3.27. The molecule has 1 N–H and O–H groups in total. The van der Waals surface area contributed by atoms with Crippen LogP contribution in [-0.4, -0.2) is 25.3 Å². The van der Waals surface area contributed by atoms with Crippen molar-refractivity contribution in [2.24, 2.45) is 0 Å². The molecule has 0 fully saturated rings. The van der Waals surface area contributed by atoms with Gasteiger partial charge in [-0.15, -0.1) is 11.3 Å². The normalized spacial score (nSPS) is 11.0. The van der Waals surface area contributed by atoms with Crippen LogP contribution < -0.4 is 5.32 Å². The van der Waals surface area contributed by atoms with E-state index in [-0.39, 0.29) is 12.3 Å². The second kappa shape index (κ2) is 7.23. The number of rotatable bonds is 5. The Morgan fingerprint density at radius 1 is 1.19 bits per heavy atom. The third-order valence-corrected chi connectivity index (χ3v) is 4.90. The minimum absolute atomic E-state index is 0.0943. The molecule has 0 bridgehead atoms. The summed E-state index contributed by atoms with van der Waals surface area (Å²) >= 11 is 7.47. The van der Waals surface area contributed by atoms with Crippen LogP contribution in [0.4, 0.5) is 0 Å². The van der Waals surface area contributed by atoms with Crippen molar-refractivity contribution >= 4 is 34.5 Å². The standard InChI is InChI=1S/C18H14ClN5OS/c19-13-3-4-16-22-15(10-24(16)9-13)8-21-17(25)6-14-11-26-18(23-14)12-2-1-5-20-7-12/h1-5,7,9-11H,6,8H2,(H,21,25). The molecule has 0 aromatic carbocycles. The lowest BCUT2D eigenvalue weighted by Gasteiger charge is -2.01. The molecule has 0 saturated carbocycles. The first-order chi connectivity index (χ1) is 12.7. The Balaban J connectivity index is 1.37. The van der Waals surface area contributed by atoms with Gasteiger partial charge in [-0.3, -0.25) is 9.78 Å². The van der Waals surface area contributed by atoms with Crippen LogP contribution >= 0.6 is 22.9 Å². The highest BCUT2D eigenvalue weighted by Gasteiger charge is 2.10. The van der Waals surface area contributed by atoms with Gasteiger partial charge in [-0.05, 0) is 24.3 Å². The summed E-state index contributed by atoms with van der Waals surface area (Å²) in [6.07, 6.45) is 7.35. The van der Waals surface area contributed by atoms with E-state index in [1.807, 2.05) is 34.2 Å². The van der Waals surface area contributed by atoms with Crippen molar-refractivity contribution in [1.29, 1.82) is 0 Å². The number of thiazole rings is 1. The molecule has 0 atom stereocenters. The van der Waals surface area contributed by atoms with Crippen molar-refractivity contribution < 1.29 is 4.79 Å². The zero-order chi connectivity index (χ0) is 17.9. The summed E-state index contributed by atoms with van der Waals surface area (Å²) in [5.74, 6) is -0.0943. The van der Waals surface area contributed by atoms with Gasteiger partial charge >= 0.3 is 0 Å². The molecule has 4 aromatic heterocycles. The largest absolute Gasteiger partial charge is 0.350 e. The summed E-state index contributed by atoms with van der Waals surface area (Å²) in [6, 6.07) is 7.44. The first-order valence-electron chi connectivity index (χ1n) is 7.92. The Bertz CT molecular complexity index is 1060. The number of carbonyl (C=O) groups excluding carboxylic acids is 1. The van der Waals surface area contributed by atoms with Crippen LogP contribution in [0.3, 0.4) is 0 Å². The number of nitrogens with zero attached hydrogens (tertiary/aromatic N) is 4. The maximum absolute atomic E-state index is 12.2. The van der Waals surface area contributed by atoms with Crippen molar-refractivity contribution in [2.45, 2.75) is 13.0 Å². The molecule has 0 radical (unpaired) electrons. The maximum atomic E-state index is 12.2. The van der Waals surface area contributed by atoms with Gasteiger partial charge in [0.15, 0.2) is 0 Å². The Morgan fingerprint density at radius 3 is 2.96 bits per heavy atom. The molecular formula is C18H14ClN5OS. The van der Waals surface area contributed by atoms with Gasteiger partial charge < -0.3 is 9.72 Å². The predicted octanol–water partition coefficient (Wildman–Crippen LogP) is 3.37. The highest BCUT2D eigenvalue weighted by atomic mass is 35.5. The Kier molecular flexibility index (Phi) is 4.64. The van der Waals surface area contributed by atoms with Gasteiger partial charge in [0, 0.05) is 35.7 Å². The first-order valence-corrected chi connectivity index (χ1v) is 9.18. The van der Waals surface area contributed by atoms with E-state index in [1.54, 1.807) is 24.7 Å². The van der Waals surface area contributed by atoms with Gasteiger partial charge in [0.2, 0.25) is 5.91 Å². The fourth-order valence-corrected chi connectivity index (χ4v) is 3.51. The summed E-state index contributed by atoms with van der Waals surface area (Å²) in [4.78, 5) is 25.2. The zero-order valence-corrected chi connectivity index (χ0v) is 15.2. The Hall–Kier alpha value is -2.77. The topological polar surface area (TPSA) is 72.2 Å². The predicted molar refractivity (Wildman–Crippen MR) is 101 cm³/mol. The molecule has 0 aliphatic carbocycles. The lowest BCUT2D eigenvalue weighted by Crippen LogP contribution is -2.24. The van der Waals surface area contributed by atoms with Gasteiger partial charge in [0.05, 0.1) is 29.4 Å². The molecule has 0 aliphatic heterocycles. The highest BCUT2D eigenvalue weighted by molar-refractivity contribution is 7.13. The Morgan fingerprint density at radius 2 is 2.12 bits per heavy atom. The highest BCUT2D eigenvalue weighted by Crippen LogP contribution is 2.22. The third kappa shape index (κ3) is 3.74. The lowest BCUT2D eigenvalue weighted by molar-refractivity contribution is -0.120. The number of aromatic nitrogens is 4. The van der Waals surface area contributed by atoms with Crippen LogP contribution in [0.5, 0.6) is 0 Å². The van der Waals surface area contributed by atoms with E-state index < -0.39 is 0 Å². The molecule has 1 amide bonds. The number of fused-ring (bicyclic) bond motifs is 1. The molecule has 4 rings (SSSR count). The van der Waals surface area contributed by atoms with Crippen molar-refractivity contribution in [3.63, 3.8) is 0 Å².